The number of aryl methyl sites for hydroxylation is 1. The van der Waals surface area contributed by atoms with Gasteiger partial charge in [-0.3, -0.25) is 0 Å². The summed E-state index contributed by atoms with van der Waals surface area (Å²) >= 11 is 4.88. The van der Waals surface area contributed by atoms with E-state index < -0.39 is 0 Å². The van der Waals surface area contributed by atoms with E-state index in [9.17, 15) is 0 Å². The Morgan fingerprint density at radius 3 is 2.62 bits per heavy atom. The van der Waals surface area contributed by atoms with Crippen molar-refractivity contribution >= 4 is 33.0 Å². The fourth-order valence-corrected chi connectivity index (χ4v) is 2.98. The molecule has 0 unspecified atom stereocenters. The average molecular weight is 293 g/mol. The molecule has 0 fully saturated rings. The molecule has 1 aromatic carbocycles. The summed E-state index contributed by atoms with van der Waals surface area (Å²) in [7, 11) is 0. The van der Waals surface area contributed by atoms with Gasteiger partial charge in [-0.2, -0.15) is 5.26 Å². The Kier molecular flexibility index (Phi) is 2.99. The minimum Gasteiger partial charge on any atom is -0.397 e. The Bertz CT molecular complexity index is 561. The number of anilines is 1. The molecule has 0 aliphatic rings. The highest BCUT2D eigenvalue weighted by Crippen LogP contribution is 2.34. The molecule has 2 N–H and O–H groups in total. The Morgan fingerprint density at radius 1 is 1.31 bits per heavy atom. The van der Waals surface area contributed by atoms with E-state index in [-0.39, 0.29) is 0 Å². The van der Waals surface area contributed by atoms with Gasteiger partial charge >= 0.3 is 0 Å². The van der Waals surface area contributed by atoms with Gasteiger partial charge in [-0.15, -0.1) is 11.3 Å². The second-order valence-corrected chi connectivity index (χ2v) is 5.49. The molecule has 0 spiro atoms. The van der Waals surface area contributed by atoms with Gasteiger partial charge in [0.2, 0.25) is 0 Å². The standard InChI is InChI=1S/C12H9BrN2S/c1-7-2-8(4-9(13)3-7)11-5-10(15)12(6-14)16-11/h2-5H,15H2,1H3. The first-order valence-corrected chi connectivity index (χ1v) is 6.28. The van der Waals surface area contributed by atoms with Gasteiger partial charge in [0.15, 0.2) is 0 Å². The van der Waals surface area contributed by atoms with Crippen LogP contribution in [0.2, 0.25) is 0 Å². The summed E-state index contributed by atoms with van der Waals surface area (Å²) in [5, 5.41) is 8.86. The van der Waals surface area contributed by atoms with Crippen LogP contribution >= 0.6 is 27.3 Å². The van der Waals surface area contributed by atoms with E-state index in [0.29, 0.717) is 10.6 Å². The van der Waals surface area contributed by atoms with Gasteiger partial charge in [-0.25, -0.2) is 0 Å². The van der Waals surface area contributed by atoms with Gasteiger partial charge < -0.3 is 5.73 Å². The van der Waals surface area contributed by atoms with E-state index in [2.05, 4.69) is 28.1 Å². The van der Waals surface area contributed by atoms with Crippen LogP contribution in [0.15, 0.2) is 28.7 Å². The molecule has 0 saturated carbocycles. The first kappa shape index (κ1) is 11.2. The predicted molar refractivity (Wildman–Crippen MR) is 71.3 cm³/mol. The summed E-state index contributed by atoms with van der Waals surface area (Å²) in [5.74, 6) is 0. The molecule has 0 saturated heterocycles. The van der Waals surface area contributed by atoms with E-state index in [1.54, 1.807) is 0 Å². The predicted octanol–water partition coefficient (Wildman–Crippen LogP) is 3.94. The number of rotatable bonds is 1. The van der Waals surface area contributed by atoms with Crippen molar-refractivity contribution in [2.45, 2.75) is 6.92 Å². The summed E-state index contributed by atoms with van der Waals surface area (Å²) in [6.45, 7) is 2.04. The van der Waals surface area contributed by atoms with Crippen LogP contribution in [0.5, 0.6) is 0 Å². The number of nitrogen functional groups attached to an aromatic ring is 1. The Morgan fingerprint density at radius 2 is 2.06 bits per heavy atom. The lowest BCUT2D eigenvalue weighted by atomic mass is 10.1. The van der Waals surface area contributed by atoms with Crippen molar-refractivity contribution in [2.24, 2.45) is 0 Å². The number of nitrogens with two attached hydrogens (primary N) is 1. The number of hydrogen-bond donors (Lipinski definition) is 1. The van der Waals surface area contributed by atoms with Gasteiger partial charge in [0, 0.05) is 9.35 Å². The first-order valence-electron chi connectivity index (χ1n) is 4.67. The number of nitrogens with zero attached hydrogens (tertiary/aromatic N) is 1. The number of halogens is 1. The average Bonchev–Trinajstić information content (AvgIpc) is 2.58. The first-order chi connectivity index (χ1) is 7.60. The van der Waals surface area contributed by atoms with E-state index in [0.717, 1.165) is 14.9 Å². The third-order valence-electron chi connectivity index (χ3n) is 2.19. The topological polar surface area (TPSA) is 49.8 Å². The molecular weight excluding hydrogens is 284 g/mol. The third kappa shape index (κ3) is 2.11. The van der Waals surface area contributed by atoms with Gasteiger partial charge in [-0.1, -0.05) is 22.0 Å². The Hall–Kier alpha value is -1.31. The van der Waals surface area contributed by atoms with Crippen LogP contribution < -0.4 is 5.73 Å². The summed E-state index contributed by atoms with van der Waals surface area (Å²) < 4.78 is 1.04. The summed E-state index contributed by atoms with van der Waals surface area (Å²) in [4.78, 5) is 1.60. The number of nitriles is 1. The molecule has 4 heteroatoms. The van der Waals surface area contributed by atoms with Gasteiger partial charge in [0.25, 0.3) is 0 Å². The summed E-state index contributed by atoms with van der Waals surface area (Å²) in [6.07, 6.45) is 0. The lowest BCUT2D eigenvalue weighted by Crippen LogP contribution is -1.81. The fraction of sp³-hybridized carbons (Fsp3) is 0.0833. The lowest BCUT2D eigenvalue weighted by molar-refractivity contribution is 1.45. The van der Waals surface area contributed by atoms with Crippen molar-refractivity contribution in [1.29, 1.82) is 5.26 Å². The number of hydrogen-bond acceptors (Lipinski definition) is 3. The van der Waals surface area contributed by atoms with Crippen molar-refractivity contribution in [3.05, 3.63) is 39.2 Å². The van der Waals surface area contributed by atoms with Crippen LogP contribution in [0.4, 0.5) is 5.69 Å². The van der Waals surface area contributed by atoms with E-state index in [1.165, 1.54) is 16.9 Å². The molecular formula is C12H9BrN2S. The Balaban J connectivity index is 2.55. The number of thiophene rings is 1. The SMILES string of the molecule is Cc1cc(Br)cc(-c2cc(N)c(C#N)s2)c1. The van der Waals surface area contributed by atoms with Gasteiger partial charge in [0.05, 0.1) is 5.69 Å². The lowest BCUT2D eigenvalue weighted by Gasteiger charge is -2.00. The second kappa shape index (κ2) is 4.28. The highest BCUT2D eigenvalue weighted by atomic mass is 79.9. The normalized spacial score (nSPS) is 10.1. The van der Waals surface area contributed by atoms with Crippen LogP contribution in [-0.2, 0) is 0 Å². The zero-order valence-electron chi connectivity index (χ0n) is 8.62. The molecule has 1 aromatic heterocycles. The molecule has 0 amide bonds. The molecule has 16 heavy (non-hydrogen) atoms. The van der Waals surface area contributed by atoms with Gasteiger partial charge in [0.1, 0.15) is 10.9 Å². The van der Waals surface area contributed by atoms with Crippen molar-refractivity contribution in [2.75, 3.05) is 5.73 Å². The molecule has 2 nitrogen and oxygen atoms in total. The molecule has 0 radical (unpaired) electrons. The maximum Gasteiger partial charge on any atom is 0.128 e. The second-order valence-electron chi connectivity index (χ2n) is 3.52. The minimum absolute atomic E-state index is 0.556. The van der Waals surface area contributed by atoms with Crippen molar-refractivity contribution in [3.8, 4) is 16.5 Å². The van der Waals surface area contributed by atoms with Crippen LogP contribution in [0.1, 0.15) is 10.4 Å². The highest BCUT2D eigenvalue weighted by molar-refractivity contribution is 9.10. The molecule has 2 aromatic rings. The minimum atomic E-state index is 0.556. The van der Waals surface area contributed by atoms with Crippen molar-refractivity contribution in [3.63, 3.8) is 0 Å². The molecule has 0 aliphatic carbocycles. The highest BCUT2D eigenvalue weighted by Gasteiger charge is 2.08. The zero-order valence-corrected chi connectivity index (χ0v) is 11.0. The smallest absolute Gasteiger partial charge is 0.128 e. The quantitative estimate of drug-likeness (QED) is 0.865. The summed E-state index contributed by atoms with van der Waals surface area (Å²) in [5.41, 5.74) is 8.56. The van der Waals surface area contributed by atoms with Crippen LogP contribution in [-0.4, -0.2) is 0 Å². The molecule has 0 aliphatic heterocycles. The van der Waals surface area contributed by atoms with Crippen LogP contribution in [0.3, 0.4) is 0 Å². The summed E-state index contributed by atoms with van der Waals surface area (Å²) in [6, 6.07) is 10.1. The van der Waals surface area contributed by atoms with Gasteiger partial charge in [-0.05, 0) is 36.2 Å². The molecule has 2 rings (SSSR count). The van der Waals surface area contributed by atoms with Crippen molar-refractivity contribution < 1.29 is 0 Å². The molecule has 1 heterocycles. The molecule has 0 atom stereocenters. The van der Waals surface area contributed by atoms with Crippen molar-refractivity contribution in [1.82, 2.24) is 0 Å². The zero-order chi connectivity index (χ0) is 11.7. The fourth-order valence-electron chi connectivity index (χ4n) is 1.51. The van der Waals surface area contributed by atoms with E-state index >= 15 is 0 Å². The molecule has 0 bridgehead atoms. The van der Waals surface area contributed by atoms with E-state index in [1.807, 2.05) is 25.1 Å². The largest absolute Gasteiger partial charge is 0.397 e. The molecule has 80 valence electrons. The Labute approximate surface area is 106 Å². The van der Waals surface area contributed by atoms with Crippen LogP contribution in [0, 0.1) is 18.3 Å². The van der Waals surface area contributed by atoms with E-state index in [4.69, 9.17) is 11.0 Å². The monoisotopic (exact) mass is 292 g/mol. The number of benzene rings is 1. The maximum absolute atomic E-state index is 8.86. The maximum atomic E-state index is 8.86. The third-order valence-corrected chi connectivity index (χ3v) is 3.75. The van der Waals surface area contributed by atoms with Crippen LogP contribution in [0.25, 0.3) is 10.4 Å².